The monoisotopic (exact) mass is 802 g/mol. The van der Waals surface area contributed by atoms with Crippen LogP contribution in [0.3, 0.4) is 0 Å². The first kappa shape index (κ1) is 34.0. The highest BCUT2D eigenvalue weighted by Gasteiger charge is 2.22. The molecule has 0 aliphatic carbocycles. The maximum absolute atomic E-state index is 6.78. The van der Waals surface area contributed by atoms with E-state index in [1.807, 2.05) is 11.3 Å². The number of benzene rings is 12. The van der Waals surface area contributed by atoms with Crippen LogP contribution in [0.25, 0.3) is 140 Å². The van der Waals surface area contributed by atoms with Crippen molar-refractivity contribution in [2.24, 2.45) is 0 Å². The standard InChI is InChI=1S/C60H34OS/c1-3-17-39-35(14-1)16-13-27-44(39)56-48-24-10-8-22-46(48)55(47-23-9-11-25-49(47)56)38-28-30-43-52-33-37(29-31-53(52)61-54(43)34-38)51-32-36-15-2-4-18-40(36)57-58-45-21-7-5-19-41(45)42-20-6-12-26-50(42)59(58)62-60(51)57/h1-34H. The van der Waals surface area contributed by atoms with E-state index in [1.54, 1.807) is 0 Å². The molecular weight excluding hydrogens is 769 g/mol. The van der Waals surface area contributed by atoms with E-state index >= 15 is 0 Å². The van der Waals surface area contributed by atoms with Gasteiger partial charge in [-0.05, 0) is 117 Å². The minimum Gasteiger partial charge on any atom is -0.456 e. The second kappa shape index (κ2) is 12.9. The lowest BCUT2D eigenvalue weighted by molar-refractivity contribution is 0.669. The van der Waals surface area contributed by atoms with Crippen LogP contribution in [0.4, 0.5) is 0 Å². The van der Waals surface area contributed by atoms with E-state index in [2.05, 4.69) is 206 Å². The van der Waals surface area contributed by atoms with Crippen molar-refractivity contribution in [1.82, 2.24) is 0 Å². The lowest BCUT2D eigenvalue weighted by Crippen LogP contribution is -1.91. The third-order valence-corrected chi connectivity index (χ3v) is 14.7. The molecule has 0 N–H and O–H groups in total. The molecule has 0 saturated carbocycles. The van der Waals surface area contributed by atoms with Crippen LogP contribution in [0.5, 0.6) is 0 Å². The fourth-order valence-corrected chi connectivity index (χ4v) is 12.1. The van der Waals surface area contributed by atoms with E-state index in [0.717, 1.165) is 27.5 Å². The summed E-state index contributed by atoms with van der Waals surface area (Å²) in [7, 11) is 0. The minimum absolute atomic E-state index is 0.893. The zero-order valence-electron chi connectivity index (χ0n) is 33.4. The van der Waals surface area contributed by atoms with E-state index in [1.165, 1.54) is 113 Å². The molecule has 0 amide bonds. The van der Waals surface area contributed by atoms with Crippen LogP contribution >= 0.6 is 11.3 Å². The van der Waals surface area contributed by atoms with E-state index in [9.17, 15) is 0 Å². The molecule has 0 radical (unpaired) electrons. The highest BCUT2D eigenvalue weighted by Crippen LogP contribution is 2.51. The average molecular weight is 803 g/mol. The predicted molar refractivity (Wildman–Crippen MR) is 268 cm³/mol. The lowest BCUT2D eigenvalue weighted by Gasteiger charge is -2.18. The molecule has 14 rings (SSSR count). The molecule has 0 spiro atoms. The van der Waals surface area contributed by atoms with Crippen molar-refractivity contribution in [3.8, 4) is 33.4 Å². The first-order valence-electron chi connectivity index (χ1n) is 21.3. The van der Waals surface area contributed by atoms with Gasteiger partial charge < -0.3 is 4.42 Å². The quantitative estimate of drug-likeness (QED) is 0.128. The second-order valence-electron chi connectivity index (χ2n) is 16.6. The summed E-state index contributed by atoms with van der Waals surface area (Å²) in [6, 6.07) is 76.0. The highest BCUT2D eigenvalue weighted by molar-refractivity contribution is 7.27. The molecule has 2 aromatic heterocycles. The molecule has 0 aliphatic heterocycles. The Balaban J connectivity index is 0.988. The van der Waals surface area contributed by atoms with E-state index in [0.29, 0.717) is 0 Å². The Kier molecular flexibility index (Phi) is 7.05. The molecule has 286 valence electrons. The van der Waals surface area contributed by atoms with Gasteiger partial charge >= 0.3 is 0 Å². The number of fused-ring (bicyclic) bond motifs is 16. The fourth-order valence-electron chi connectivity index (χ4n) is 10.7. The van der Waals surface area contributed by atoms with E-state index in [4.69, 9.17) is 4.42 Å². The first-order valence-corrected chi connectivity index (χ1v) is 22.1. The Morgan fingerprint density at radius 1 is 0.274 bits per heavy atom. The molecular formula is C60H34OS. The zero-order valence-corrected chi connectivity index (χ0v) is 34.3. The molecule has 0 fully saturated rings. The van der Waals surface area contributed by atoms with Gasteiger partial charge in [-0.2, -0.15) is 0 Å². The predicted octanol–water partition coefficient (Wildman–Crippen LogP) is 17.9. The summed E-state index contributed by atoms with van der Waals surface area (Å²) >= 11 is 1.93. The largest absolute Gasteiger partial charge is 0.456 e. The van der Waals surface area contributed by atoms with Crippen molar-refractivity contribution in [3.63, 3.8) is 0 Å². The summed E-state index contributed by atoms with van der Waals surface area (Å²) in [4.78, 5) is 0. The van der Waals surface area contributed by atoms with Crippen LogP contribution in [-0.4, -0.2) is 0 Å². The number of thiophene rings is 1. The summed E-state index contributed by atoms with van der Waals surface area (Å²) in [6.45, 7) is 0. The minimum atomic E-state index is 0.893. The third-order valence-electron chi connectivity index (χ3n) is 13.4. The fraction of sp³-hybridized carbons (Fsp3) is 0. The molecule has 0 saturated heterocycles. The lowest BCUT2D eigenvalue weighted by atomic mass is 9.84. The molecule has 0 unspecified atom stereocenters. The molecule has 62 heavy (non-hydrogen) atoms. The van der Waals surface area contributed by atoms with Gasteiger partial charge in [-0.15, -0.1) is 11.3 Å². The zero-order chi connectivity index (χ0) is 40.5. The van der Waals surface area contributed by atoms with Gasteiger partial charge in [0.05, 0.1) is 0 Å². The smallest absolute Gasteiger partial charge is 0.136 e. The van der Waals surface area contributed by atoms with Gasteiger partial charge in [0, 0.05) is 41.9 Å². The van der Waals surface area contributed by atoms with Gasteiger partial charge in [-0.3, -0.25) is 0 Å². The van der Waals surface area contributed by atoms with Crippen molar-refractivity contribution < 1.29 is 4.42 Å². The van der Waals surface area contributed by atoms with Gasteiger partial charge in [0.1, 0.15) is 11.2 Å². The molecule has 0 aliphatic rings. The van der Waals surface area contributed by atoms with Gasteiger partial charge in [0.15, 0.2) is 0 Å². The number of hydrogen-bond acceptors (Lipinski definition) is 2. The van der Waals surface area contributed by atoms with Gasteiger partial charge in [0.2, 0.25) is 0 Å². The van der Waals surface area contributed by atoms with Crippen LogP contribution in [-0.2, 0) is 0 Å². The van der Waals surface area contributed by atoms with Crippen molar-refractivity contribution >= 4 is 118 Å². The van der Waals surface area contributed by atoms with Crippen molar-refractivity contribution in [1.29, 1.82) is 0 Å². The van der Waals surface area contributed by atoms with Crippen LogP contribution in [0.2, 0.25) is 0 Å². The van der Waals surface area contributed by atoms with Crippen LogP contribution < -0.4 is 0 Å². The maximum Gasteiger partial charge on any atom is 0.136 e. The van der Waals surface area contributed by atoms with Gasteiger partial charge in [0.25, 0.3) is 0 Å². The van der Waals surface area contributed by atoms with Crippen molar-refractivity contribution in [3.05, 3.63) is 206 Å². The normalized spacial score (nSPS) is 12.2. The Bertz CT molecular complexity index is 4160. The highest BCUT2D eigenvalue weighted by atomic mass is 32.1. The van der Waals surface area contributed by atoms with Crippen molar-refractivity contribution in [2.45, 2.75) is 0 Å². The summed E-state index contributed by atoms with van der Waals surface area (Å²) < 4.78 is 9.44. The SMILES string of the molecule is c1ccc2c(-c3c4ccccc4c(-c4ccc5c(c4)oc4ccc(-c6cc7ccccc7c7c6sc6c8ccccc8c8ccccc8c67)cc45)c4ccccc34)cccc2c1. The maximum atomic E-state index is 6.78. The molecule has 12 aromatic carbocycles. The van der Waals surface area contributed by atoms with Crippen LogP contribution in [0.15, 0.2) is 211 Å². The Morgan fingerprint density at radius 2 is 0.823 bits per heavy atom. The molecule has 14 aromatic rings. The average Bonchev–Trinajstić information content (AvgIpc) is 3.92. The van der Waals surface area contributed by atoms with E-state index < -0.39 is 0 Å². The molecule has 1 nitrogen and oxygen atoms in total. The third kappa shape index (κ3) is 4.73. The molecule has 0 atom stereocenters. The Hall–Kier alpha value is -7.78. The van der Waals surface area contributed by atoms with Crippen LogP contribution in [0.1, 0.15) is 0 Å². The second-order valence-corrected chi connectivity index (χ2v) is 17.7. The topological polar surface area (TPSA) is 13.1 Å². The summed E-state index contributed by atoms with van der Waals surface area (Å²) in [6.07, 6.45) is 0. The first-order chi connectivity index (χ1) is 30.8. The molecule has 0 bridgehead atoms. The van der Waals surface area contributed by atoms with Gasteiger partial charge in [-0.1, -0.05) is 176 Å². The van der Waals surface area contributed by atoms with E-state index in [-0.39, 0.29) is 0 Å². The Labute approximate surface area is 360 Å². The number of rotatable bonds is 3. The molecule has 2 heterocycles. The number of furan rings is 1. The van der Waals surface area contributed by atoms with Gasteiger partial charge in [-0.25, -0.2) is 0 Å². The van der Waals surface area contributed by atoms with Crippen LogP contribution in [0, 0.1) is 0 Å². The number of hydrogen-bond donors (Lipinski definition) is 0. The summed E-state index contributed by atoms with van der Waals surface area (Å²) in [5, 5.41) is 20.2. The summed E-state index contributed by atoms with van der Waals surface area (Å²) in [5.74, 6) is 0. The Morgan fingerprint density at radius 3 is 1.56 bits per heavy atom. The van der Waals surface area contributed by atoms with Crippen molar-refractivity contribution in [2.75, 3.05) is 0 Å². The molecule has 2 heteroatoms. The summed E-state index contributed by atoms with van der Waals surface area (Å²) in [5.41, 5.74) is 9.15.